The summed E-state index contributed by atoms with van der Waals surface area (Å²) in [5.74, 6) is -0.292. The van der Waals surface area contributed by atoms with E-state index in [1.165, 1.54) is 12.3 Å². The monoisotopic (exact) mass is 263 g/mol. The van der Waals surface area contributed by atoms with Crippen LogP contribution in [0.15, 0.2) is 30.5 Å². The second-order valence-electron chi connectivity index (χ2n) is 3.60. The molecule has 1 aromatic carbocycles. The Hall–Kier alpha value is -2.08. The molecule has 1 heterocycles. The highest BCUT2D eigenvalue weighted by molar-refractivity contribution is 7.80. The molecule has 0 bridgehead atoms. The Morgan fingerprint density at radius 2 is 2.17 bits per heavy atom. The first-order valence-electron chi connectivity index (χ1n) is 5.14. The van der Waals surface area contributed by atoms with Crippen LogP contribution >= 0.6 is 12.2 Å². The lowest BCUT2D eigenvalue weighted by atomic mass is 10.2. The Balaban J connectivity index is 2.40. The Labute approximate surface area is 109 Å². The molecule has 0 fully saturated rings. The Bertz CT molecular complexity index is 604. The van der Waals surface area contributed by atoms with Gasteiger partial charge in [0.2, 0.25) is 5.88 Å². The van der Waals surface area contributed by atoms with E-state index in [0.29, 0.717) is 11.1 Å². The van der Waals surface area contributed by atoms with Gasteiger partial charge in [-0.2, -0.15) is 5.10 Å². The fourth-order valence-corrected chi connectivity index (χ4v) is 1.54. The highest BCUT2D eigenvalue weighted by Gasteiger charge is 2.12. The third-order valence-electron chi connectivity index (χ3n) is 2.32. The van der Waals surface area contributed by atoms with E-state index in [-0.39, 0.29) is 16.6 Å². The van der Waals surface area contributed by atoms with E-state index >= 15 is 0 Å². The van der Waals surface area contributed by atoms with Crippen molar-refractivity contribution in [2.45, 2.75) is 6.92 Å². The molecule has 92 valence electrons. The van der Waals surface area contributed by atoms with Crippen LogP contribution < -0.4 is 10.5 Å². The van der Waals surface area contributed by atoms with Gasteiger partial charge in [-0.1, -0.05) is 24.4 Å². The van der Waals surface area contributed by atoms with Crippen molar-refractivity contribution in [2.24, 2.45) is 5.73 Å². The Morgan fingerprint density at radius 3 is 2.89 bits per heavy atom. The molecule has 0 aliphatic carbocycles. The molecule has 4 nitrogen and oxygen atoms in total. The molecule has 2 aromatic rings. The molecular formula is C12H10FN3OS. The number of nitrogens with two attached hydrogens (primary N) is 1. The van der Waals surface area contributed by atoms with Gasteiger partial charge in [-0.05, 0) is 24.6 Å². The number of aryl methyl sites for hydroxylation is 1. The standard InChI is InChI=1S/C12H10FN3OS/c1-7-3-2-4-9(10(7)13)17-12-8(11(14)18)5-6-15-16-12/h2-6H,1H3,(H2,14,18). The predicted molar refractivity (Wildman–Crippen MR) is 69.1 cm³/mol. The molecule has 2 rings (SSSR count). The molecule has 0 aliphatic heterocycles. The third kappa shape index (κ3) is 2.43. The van der Waals surface area contributed by atoms with Gasteiger partial charge in [-0.25, -0.2) is 4.39 Å². The topological polar surface area (TPSA) is 61.0 Å². The quantitative estimate of drug-likeness (QED) is 0.861. The normalized spacial score (nSPS) is 10.1. The molecule has 0 atom stereocenters. The fourth-order valence-electron chi connectivity index (χ4n) is 1.39. The number of halogens is 1. The summed E-state index contributed by atoms with van der Waals surface area (Å²) in [6, 6.07) is 6.40. The van der Waals surface area contributed by atoms with Crippen molar-refractivity contribution >= 4 is 17.2 Å². The zero-order valence-electron chi connectivity index (χ0n) is 9.55. The molecule has 6 heteroatoms. The molecule has 0 spiro atoms. The van der Waals surface area contributed by atoms with Crippen LogP contribution in [0, 0.1) is 12.7 Å². The Kier molecular flexibility index (Phi) is 3.47. The molecule has 2 N–H and O–H groups in total. The number of thiocarbonyl (C=S) groups is 1. The zero-order valence-corrected chi connectivity index (χ0v) is 10.4. The third-order valence-corrected chi connectivity index (χ3v) is 2.54. The first-order chi connectivity index (χ1) is 8.59. The average Bonchev–Trinajstić information content (AvgIpc) is 2.35. The van der Waals surface area contributed by atoms with Crippen molar-refractivity contribution < 1.29 is 9.13 Å². The van der Waals surface area contributed by atoms with Crippen molar-refractivity contribution in [1.82, 2.24) is 10.2 Å². The van der Waals surface area contributed by atoms with Crippen LogP contribution in [-0.4, -0.2) is 15.2 Å². The second-order valence-corrected chi connectivity index (χ2v) is 4.04. The second kappa shape index (κ2) is 5.05. The van der Waals surface area contributed by atoms with Gasteiger partial charge in [0.15, 0.2) is 11.6 Å². The molecule has 0 amide bonds. The molecule has 0 aliphatic rings. The number of ether oxygens (including phenoxy) is 1. The van der Waals surface area contributed by atoms with Crippen LogP contribution in [0.1, 0.15) is 11.1 Å². The lowest BCUT2D eigenvalue weighted by Gasteiger charge is -2.09. The number of rotatable bonds is 3. The molecule has 0 unspecified atom stereocenters. The van der Waals surface area contributed by atoms with Gasteiger partial charge in [-0.3, -0.25) is 0 Å². The highest BCUT2D eigenvalue weighted by atomic mass is 32.1. The number of aromatic nitrogens is 2. The van der Waals surface area contributed by atoms with E-state index in [1.54, 1.807) is 25.1 Å². The smallest absolute Gasteiger partial charge is 0.249 e. The van der Waals surface area contributed by atoms with Crippen molar-refractivity contribution in [2.75, 3.05) is 0 Å². The maximum atomic E-state index is 13.8. The van der Waals surface area contributed by atoms with Crippen LogP contribution in [0.25, 0.3) is 0 Å². The Morgan fingerprint density at radius 1 is 1.39 bits per heavy atom. The molecule has 0 saturated carbocycles. The van der Waals surface area contributed by atoms with E-state index in [0.717, 1.165) is 0 Å². The van der Waals surface area contributed by atoms with Crippen molar-refractivity contribution in [3.8, 4) is 11.6 Å². The van der Waals surface area contributed by atoms with E-state index in [9.17, 15) is 4.39 Å². The summed E-state index contributed by atoms with van der Waals surface area (Å²) in [5.41, 5.74) is 6.42. The van der Waals surface area contributed by atoms with Gasteiger partial charge in [0, 0.05) is 0 Å². The number of hydrogen-bond donors (Lipinski definition) is 1. The van der Waals surface area contributed by atoms with Crippen molar-refractivity contribution in [3.05, 3.63) is 47.4 Å². The SMILES string of the molecule is Cc1cccc(Oc2nnccc2C(N)=S)c1F. The fraction of sp³-hybridized carbons (Fsp3) is 0.0833. The van der Waals surface area contributed by atoms with E-state index in [1.807, 2.05) is 0 Å². The summed E-state index contributed by atoms with van der Waals surface area (Å²) >= 11 is 4.86. The van der Waals surface area contributed by atoms with E-state index < -0.39 is 5.82 Å². The van der Waals surface area contributed by atoms with Crippen LogP contribution in [0.2, 0.25) is 0 Å². The van der Waals surface area contributed by atoms with Gasteiger partial charge in [-0.15, -0.1) is 5.10 Å². The van der Waals surface area contributed by atoms with Crippen molar-refractivity contribution in [1.29, 1.82) is 0 Å². The van der Waals surface area contributed by atoms with Gasteiger partial charge < -0.3 is 10.5 Å². The summed E-state index contributed by atoms with van der Waals surface area (Å²) < 4.78 is 19.1. The minimum Gasteiger partial charge on any atom is -0.434 e. The maximum Gasteiger partial charge on any atom is 0.249 e. The lowest BCUT2D eigenvalue weighted by Crippen LogP contribution is -2.12. The van der Waals surface area contributed by atoms with Crippen LogP contribution in [0.4, 0.5) is 4.39 Å². The summed E-state index contributed by atoms with van der Waals surface area (Å²) in [6.45, 7) is 1.65. The minimum atomic E-state index is -0.447. The summed E-state index contributed by atoms with van der Waals surface area (Å²) in [7, 11) is 0. The maximum absolute atomic E-state index is 13.8. The average molecular weight is 263 g/mol. The number of benzene rings is 1. The number of hydrogen-bond acceptors (Lipinski definition) is 4. The first-order valence-corrected chi connectivity index (χ1v) is 5.55. The van der Waals surface area contributed by atoms with E-state index in [4.69, 9.17) is 22.7 Å². The highest BCUT2D eigenvalue weighted by Crippen LogP contribution is 2.26. The van der Waals surface area contributed by atoms with Gasteiger partial charge in [0.05, 0.1) is 11.8 Å². The molecule has 18 heavy (non-hydrogen) atoms. The molecule has 0 radical (unpaired) electrons. The molecule has 1 aromatic heterocycles. The largest absolute Gasteiger partial charge is 0.434 e. The van der Waals surface area contributed by atoms with Gasteiger partial charge >= 0.3 is 0 Å². The van der Waals surface area contributed by atoms with Crippen LogP contribution in [-0.2, 0) is 0 Å². The minimum absolute atomic E-state index is 0.0630. The predicted octanol–water partition coefficient (Wildman–Crippen LogP) is 2.35. The molecular weight excluding hydrogens is 253 g/mol. The summed E-state index contributed by atoms with van der Waals surface area (Å²) in [5, 5.41) is 7.42. The number of nitrogens with zero attached hydrogens (tertiary/aromatic N) is 2. The van der Waals surface area contributed by atoms with Crippen molar-refractivity contribution in [3.63, 3.8) is 0 Å². The summed E-state index contributed by atoms with van der Waals surface area (Å²) in [4.78, 5) is 0.118. The summed E-state index contributed by atoms with van der Waals surface area (Å²) in [6.07, 6.45) is 1.44. The lowest BCUT2D eigenvalue weighted by molar-refractivity contribution is 0.419. The van der Waals surface area contributed by atoms with Crippen LogP contribution in [0.3, 0.4) is 0 Å². The van der Waals surface area contributed by atoms with E-state index in [2.05, 4.69) is 10.2 Å². The van der Waals surface area contributed by atoms with Gasteiger partial charge in [0.1, 0.15) is 4.99 Å². The first kappa shape index (κ1) is 12.4. The van der Waals surface area contributed by atoms with Crippen LogP contribution in [0.5, 0.6) is 11.6 Å². The molecule has 0 saturated heterocycles. The van der Waals surface area contributed by atoms with Gasteiger partial charge in [0.25, 0.3) is 0 Å². The zero-order chi connectivity index (χ0) is 13.1.